The molecule has 0 saturated heterocycles. The minimum Gasteiger partial charge on any atom is -0.489 e. The van der Waals surface area contributed by atoms with E-state index in [4.69, 9.17) is 9.26 Å². The van der Waals surface area contributed by atoms with E-state index in [2.05, 4.69) is 34.1 Å². The van der Waals surface area contributed by atoms with Gasteiger partial charge in [-0.05, 0) is 47.5 Å². The summed E-state index contributed by atoms with van der Waals surface area (Å²) in [5.74, 6) is -0.0523. The highest BCUT2D eigenvalue weighted by molar-refractivity contribution is 5.62. The normalized spacial score (nSPS) is 10.7. The van der Waals surface area contributed by atoms with Crippen LogP contribution in [0, 0.1) is 0 Å². The summed E-state index contributed by atoms with van der Waals surface area (Å²) in [7, 11) is 2.03. The van der Waals surface area contributed by atoms with Gasteiger partial charge in [0.2, 0.25) is 0 Å². The molecule has 4 aromatic rings. The lowest BCUT2D eigenvalue weighted by Gasteiger charge is -2.20. The molecule has 0 atom stereocenters. The van der Waals surface area contributed by atoms with Crippen molar-refractivity contribution in [3.8, 4) is 5.75 Å². The third kappa shape index (κ3) is 4.52. The fraction of sp³-hybridized carbons (Fsp3) is 0.130. The fourth-order valence-electron chi connectivity index (χ4n) is 3.10. The third-order valence-corrected chi connectivity index (χ3v) is 4.73. The Labute approximate surface area is 172 Å². The first-order valence-corrected chi connectivity index (χ1v) is 9.48. The summed E-state index contributed by atoms with van der Waals surface area (Å²) in [6.45, 7) is 0.605. The second kappa shape index (κ2) is 8.57. The zero-order chi connectivity index (χ0) is 20.9. The number of aromatic nitrogens is 2. The topological polar surface area (TPSA) is 80.5 Å². The molecule has 0 unspecified atom stereocenters. The van der Waals surface area contributed by atoms with Gasteiger partial charge in [-0.25, -0.2) is 14.6 Å². The van der Waals surface area contributed by atoms with Gasteiger partial charge in [0.05, 0.1) is 6.54 Å². The van der Waals surface area contributed by atoms with Crippen molar-refractivity contribution in [2.75, 3.05) is 11.9 Å². The number of rotatable bonds is 7. The maximum Gasteiger partial charge on any atom is 0.440 e. The average molecular weight is 403 g/mol. The monoisotopic (exact) mass is 403 g/mol. The molecular formula is C23H21N3O4. The number of hydrogen-bond donors (Lipinski definition) is 1. The fourth-order valence-corrected chi connectivity index (χ4v) is 3.10. The van der Waals surface area contributed by atoms with E-state index in [0.717, 1.165) is 27.2 Å². The van der Waals surface area contributed by atoms with Crippen molar-refractivity contribution in [3.63, 3.8) is 0 Å². The molecule has 1 N–H and O–H groups in total. The molecule has 7 heteroatoms. The van der Waals surface area contributed by atoms with E-state index in [-0.39, 0.29) is 6.54 Å². The van der Waals surface area contributed by atoms with Gasteiger partial charge in [0, 0.05) is 18.4 Å². The molecule has 3 aromatic carbocycles. The van der Waals surface area contributed by atoms with Crippen LogP contribution >= 0.6 is 0 Å². The zero-order valence-corrected chi connectivity index (χ0v) is 16.4. The third-order valence-electron chi connectivity index (χ3n) is 4.73. The van der Waals surface area contributed by atoms with Crippen LogP contribution in [0.1, 0.15) is 11.1 Å². The van der Waals surface area contributed by atoms with Gasteiger partial charge in [-0.2, -0.15) is 0 Å². The highest BCUT2D eigenvalue weighted by Gasteiger charge is 2.06. The lowest BCUT2D eigenvalue weighted by Crippen LogP contribution is -2.17. The second-order valence-electron chi connectivity index (χ2n) is 6.84. The summed E-state index contributed by atoms with van der Waals surface area (Å²) in [6.07, 6.45) is 0. The maximum absolute atomic E-state index is 11.5. The molecule has 7 nitrogen and oxygen atoms in total. The Morgan fingerprint density at radius 2 is 1.63 bits per heavy atom. The molecular weight excluding hydrogens is 382 g/mol. The summed E-state index contributed by atoms with van der Waals surface area (Å²) in [5.41, 5.74) is 3.50. The Hall–Kier alpha value is -4.00. The van der Waals surface area contributed by atoms with E-state index in [9.17, 15) is 9.59 Å². The van der Waals surface area contributed by atoms with Gasteiger partial charge in [-0.15, -0.1) is 4.74 Å². The number of aromatic amines is 1. The largest absolute Gasteiger partial charge is 0.489 e. The van der Waals surface area contributed by atoms with E-state index >= 15 is 0 Å². The van der Waals surface area contributed by atoms with Gasteiger partial charge < -0.3 is 14.2 Å². The van der Waals surface area contributed by atoms with Crippen molar-refractivity contribution in [1.82, 2.24) is 9.72 Å². The molecule has 0 bridgehead atoms. The smallest absolute Gasteiger partial charge is 0.440 e. The first-order chi connectivity index (χ1) is 14.6. The van der Waals surface area contributed by atoms with Crippen LogP contribution in [0.5, 0.6) is 5.75 Å². The Morgan fingerprint density at radius 3 is 2.33 bits per heavy atom. The van der Waals surface area contributed by atoms with Crippen LogP contribution in [0.15, 0.2) is 93.0 Å². The molecule has 0 spiro atoms. The Morgan fingerprint density at radius 1 is 0.900 bits per heavy atom. The van der Waals surface area contributed by atoms with E-state index in [1.165, 1.54) is 0 Å². The maximum atomic E-state index is 11.5. The molecule has 0 saturated carbocycles. The van der Waals surface area contributed by atoms with Crippen LogP contribution < -0.4 is 21.1 Å². The van der Waals surface area contributed by atoms with Crippen molar-refractivity contribution < 1.29 is 9.26 Å². The van der Waals surface area contributed by atoms with Gasteiger partial charge in [0.1, 0.15) is 12.4 Å². The van der Waals surface area contributed by atoms with Crippen LogP contribution in [-0.4, -0.2) is 16.8 Å². The molecule has 1 aromatic heterocycles. The number of nitrogens with one attached hydrogen (secondary N) is 1. The van der Waals surface area contributed by atoms with E-state index < -0.39 is 11.4 Å². The molecule has 0 fully saturated rings. The molecule has 0 amide bonds. The van der Waals surface area contributed by atoms with E-state index in [1.54, 1.807) is 0 Å². The van der Waals surface area contributed by atoms with Crippen molar-refractivity contribution in [1.29, 1.82) is 0 Å². The molecule has 152 valence electrons. The van der Waals surface area contributed by atoms with Crippen LogP contribution in [-0.2, 0) is 13.2 Å². The minimum atomic E-state index is -0.764. The van der Waals surface area contributed by atoms with Crippen LogP contribution in [0.2, 0.25) is 0 Å². The number of anilines is 2. The van der Waals surface area contributed by atoms with Crippen molar-refractivity contribution in [2.24, 2.45) is 0 Å². The highest BCUT2D eigenvalue weighted by Crippen LogP contribution is 2.24. The molecule has 0 radical (unpaired) electrons. The molecule has 0 aliphatic rings. The molecule has 0 aliphatic carbocycles. The number of nitrogens with zero attached hydrogens (tertiary/aromatic N) is 2. The second-order valence-corrected chi connectivity index (χ2v) is 6.84. The van der Waals surface area contributed by atoms with Gasteiger partial charge in [0.15, 0.2) is 0 Å². The summed E-state index contributed by atoms with van der Waals surface area (Å²) in [4.78, 5) is 26.8. The quantitative estimate of drug-likeness (QED) is 0.511. The Balaban J connectivity index is 1.39. The molecule has 1 heterocycles. The lowest BCUT2D eigenvalue weighted by molar-refractivity contribution is 0.258. The SMILES string of the molecule is CN(c1ccccc1)c1cccc(COc2ccc(Cn3oc(=O)[nH]c3=O)cc2)c1. The van der Waals surface area contributed by atoms with Crippen molar-refractivity contribution in [2.45, 2.75) is 13.2 Å². The number of hydrogen-bond acceptors (Lipinski definition) is 5. The summed E-state index contributed by atoms with van der Waals surface area (Å²) >= 11 is 0. The first-order valence-electron chi connectivity index (χ1n) is 9.48. The van der Waals surface area contributed by atoms with E-state index in [1.807, 2.05) is 61.6 Å². The number of benzene rings is 3. The van der Waals surface area contributed by atoms with Crippen LogP contribution in [0.25, 0.3) is 0 Å². The standard InChI is InChI=1S/C23H21N3O4/c1-25(19-7-3-2-4-8-19)20-9-5-6-18(14-20)16-29-21-12-10-17(11-13-21)15-26-22(27)24-23(28)30-26/h2-14H,15-16H2,1H3,(H,24,27,28). The minimum absolute atomic E-state index is 0.172. The zero-order valence-electron chi connectivity index (χ0n) is 16.4. The van der Waals surface area contributed by atoms with Crippen molar-refractivity contribution >= 4 is 11.4 Å². The summed E-state index contributed by atoms with van der Waals surface area (Å²) < 4.78 is 11.7. The summed E-state index contributed by atoms with van der Waals surface area (Å²) in [6, 6.07) is 25.7. The van der Waals surface area contributed by atoms with Gasteiger partial charge >= 0.3 is 11.4 Å². The number of H-pyrrole nitrogens is 1. The predicted octanol–water partition coefficient (Wildman–Crippen LogP) is 3.52. The number of para-hydroxylation sites is 1. The predicted molar refractivity (Wildman–Crippen MR) is 114 cm³/mol. The average Bonchev–Trinajstić information content (AvgIpc) is 3.10. The lowest BCUT2D eigenvalue weighted by atomic mass is 10.2. The van der Waals surface area contributed by atoms with E-state index in [0.29, 0.717) is 12.4 Å². The van der Waals surface area contributed by atoms with Crippen LogP contribution in [0.4, 0.5) is 11.4 Å². The molecule has 4 rings (SSSR count). The molecule has 0 aliphatic heterocycles. The summed E-state index contributed by atoms with van der Waals surface area (Å²) in [5, 5.41) is 0. The van der Waals surface area contributed by atoms with Crippen molar-refractivity contribution in [3.05, 3.63) is 111 Å². The highest BCUT2D eigenvalue weighted by atomic mass is 16.5. The van der Waals surface area contributed by atoms with Crippen LogP contribution in [0.3, 0.4) is 0 Å². The van der Waals surface area contributed by atoms with Gasteiger partial charge in [0.25, 0.3) is 0 Å². The van der Waals surface area contributed by atoms with Gasteiger partial charge in [-0.1, -0.05) is 42.5 Å². The Kier molecular flexibility index (Phi) is 5.52. The molecule has 30 heavy (non-hydrogen) atoms. The Bertz CT molecular complexity index is 1220. The first kappa shape index (κ1) is 19.3. The van der Waals surface area contributed by atoms with Gasteiger partial charge in [-0.3, -0.25) is 0 Å². The number of ether oxygens (including phenoxy) is 1.